The first kappa shape index (κ1) is 17.6. The Bertz CT molecular complexity index is 697. The van der Waals surface area contributed by atoms with Crippen molar-refractivity contribution in [2.75, 3.05) is 12.5 Å². The van der Waals surface area contributed by atoms with Gasteiger partial charge in [-0.2, -0.15) is 18.3 Å². The molecule has 0 amide bonds. The van der Waals surface area contributed by atoms with Crippen LogP contribution in [0.15, 0.2) is 40.0 Å². The third kappa shape index (κ3) is 4.59. The van der Waals surface area contributed by atoms with Crippen molar-refractivity contribution < 1.29 is 17.9 Å². The molecule has 0 bridgehead atoms. The van der Waals surface area contributed by atoms with Gasteiger partial charge >= 0.3 is 6.18 Å². The molecule has 0 radical (unpaired) electrons. The molecule has 0 atom stereocenters. The van der Waals surface area contributed by atoms with E-state index in [9.17, 15) is 13.2 Å². The average Bonchev–Trinajstić information content (AvgIpc) is 2.46. The van der Waals surface area contributed by atoms with Crippen molar-refractivity contribution in [1.29, 1.82) is 0 Å². The third-order valence-corrected chi connectivity index (χ3v) is 3.58. The second kappa shape index (κ2) is 7.18. The van der Waals surface area contributed by atoms with Crippen LogP contribution in [0.5, 0.6) is 5.75 Å². The molecule has 1 heterocycles. The van der Waals surface area contributed by atoms with Gasteiger partial charge in [0.25, 0.3) is 0 Å². The summed E-state index contributed by atoms with van der Waals surface area (Å²) in [4.78, 5) is 3.64. The number of pyridine rings is 1. The highest BCUT2D eigenvalue weighted by atomic mass is 79.9. The van der Waals surface area contributed by atoms with Gasteiger partial charge in [0.2, 0.25) is 0 Å². The lowest BCUT2D eigenvalue weighted by atomic mass is 10.2. The number of nitrogens with zero attached hydrogens (tertiary/aromatic N) is 2. The number of alkyl halides is 3. The molecule has 23 heavy (non-hydrogen) atoms. The molecule has 0 fully saturated rings. The van der Waals surface area contributed by atoms with E-state index in [0.29, 0.717) is 20.8 Å². The molecule has 0 saturated heterocycles. The van der Waals surface area contributed by atoms with E-state index in [1.54, 1.807) is 12.1 Å². The summed E-state index contributed by atoms with van der Waals surface area (Å²) in [6.07, 6.45) is -2.23. The highest BCUT2D eigenvalue weighted by Gasteiger charge is 2.30. The Morgan fingerprint density at radius 3 is 2.61 bits per heavy atom. The summed E-state index contributed by atoms with van der Waals surface area (Å²) in [5.41, 5.74) is 2.39. The highest BCUT2D eigenvalue weighted by molar-refractivity contribution is 9.10. The number of halogens is 5. The van der Waals surface area contributed by atoms with Gasteiger partial charge in [-0.1, -0.05) is 11.6 Å². The number of benzene rings is 1. The maximum absolute atomic E-state index is 12.4. The Balaban J connectivity index is 2.07. The zero-order valence-electron chi connectivity index (χ0n) is 11.7. The predicted molar refractivity (Wildman–Crippen MR) is 86.2 cm³/mol. The summed E-state index contributed by atoms with van der Waals surface area (Å²) in [7, 11) is 1.50. The maximum atomic E-state index is 12.4. The fourth-order valence-corrected chi connectivity index (χ4v) is 2.71. The van der Waals surface area contributed by atoms with Gasteiger partial charge in [-0.25, -0.2) is 4.98 Å². The predicted octanol–water partition coefficient (Wildman–Crippen LogP) is 4.97. The molecule has 1 aromatic carbocycles. The first-order valence-electron chi connectivity index (χ1n) is 6.16. The van der Waals surface area contributed by atoms with Gasteiger partial charge < -0.3 is 4.74 Å². The second-order valence-corrected chi connectivity index (χ2v) is 5.58. The summed E-state index contributed by atoms with van der Waals surface area (Å²) >= 11 is 9.35. The van der Waals surface area contributed by atoms with Gasteiger partial charge in [-0.3, -0.25) is 5.43 Å². The molecule has 9 heteroatoms. The molecule has 0 unspecified atom stereocenters. The van der Waals surface area contributed by atoms with Crippen LogP contribution in [0.3, 0.4) is 0 Å². The summed E-state index contributed by atoms with van der Waals surface area (Å²) in [5.74, 6) is 0.689. The minimum Gasteiger partial charge on any atom is -0.494 e. The van der Waals surface area contributed by atoms with Crippen LogP contribution in [0.2, 0.25) is 5.02 Å². The summed E-state index contributed by atoms with van der Waals surface area (Å²) < 4.78 is 43.0. The van der Waals surface area contributed by atoms with Gasteiger partial charge in [-0.05, 0) is 45.8 Å². The third-order valence-electron chi connectivity index (χ3n) is 2.71. The number of anilines is 1. The SMILES string of the molecule is COc1c(Cl)cc(/C=N\Nc2ccc(C(F)(F)F)cn2)cc1Br. The first-order chi connectivity index (χ1) is 10.8. The van der Waals surface area contributed by atoms with Crippen LogP contribution in [0, 0.1) is 0 Å². The van der Waals surface area contributed by atoms with Crippen molar-refractivity contribution in [2.24, 2.45) is 5.10 Å². The Hall–Kier alpha value is -1.80. The van der Waals surface area contributed by atoms with E-state index in [-0.39, 0.29) is 5.82 Å². The fourth-order valence-electron chi connectivity index (χ4n) is 1.65. The second-order valence-electron chi connectivity index (χ2n) is 4.32. The quantitative estimate of drug-likeness (QED) is 0.574. The van der Waals surface area contributed by atoms with E-state index in [4.69, 9.17) is 16.3 Å². The number of hydrazone groups is 1. The molecular weight excluding hydrogens is 399 g/mol. The number of methoxy groups -OCH3 is 1. The van der Waals surface area contributed by atoms with Gasteiger partial charge in [0, 0.05) is 6.20 Å². The molecular formula is C14H10BrClF3N3O. The summed E-state index contributed by atoms with van der Waals surface area (Å²) in [5, 5.41) is 4.30. The van der Waals surface area contributed by atoms with Gasteiger partial charge in [0.1, 0.15) is 5.82 Å². The molecule has 0 aliphatic heterocycles. The monoisotopic (exact) mass is 407 g/mol. The van der Waals surface area contributed by atoms with Crippen molar-refractivity contribution >= 4 is 39.6 Å². The Kier molecular flexibility index (Phi) is 5.48. The normalized spacial score (nSPS) is 11.7. The lowest BCUT2D eigenvalue weighted by Crippen LogP contribution is -2.05. The molecule has 0 saturated carbocycles. The van der Waals surface area contributed by atoms with E-state index in [1.807, 2.05) is 0 Å². The number of hydrogen-bond acceptors (Lipinski definition) is 4. The molecule has 1 aromatic heterocycles. The molecule has 122 valence electrons. The first-order valence-corrected chi connectivity index (χ1v) is 7.33. The number of ether oxygens (including phenoxy) is 1. The van der Waals surface area contributed by atoms with Gasteiger partial charge in [0.05, 0.1) is 28.4 Å². The van der Waals surface area contributed by atoms with E-state index in [2.05, 4.69) is 31.4 Å². The largest absolute Gasteiger partial charge is 0.494 e. The lowest BCUT2D eigenvalue weighted by molar-refractivity contribution is -0.137. The van der Waals surface area contributed by atoms with Crippen LogP contribution in [-0.2, 0) is 6.18 Å². The smallest absolute Gasteiger partial charge is 0.417 e. The zero-order valence-corrected chi connectivity index (χ0v) is 14.0. The number of nitrogens with one attached hydrogen (secondary N) is 1. The van der Waals surface area contributed by atoms with Crippen molar-refractivity contribution in [3.05, 3.63) is 51.1 Å². The van der Waals surface area contributed by atoms with E-state index >= 15 is 0 Å². The van der Waals surface area contributed by atoms with Crippen molar-refractivity contribution in [3.63, 3.8) is 0 Å². The van der Waals surface area contributed by atoms with Crippen molar-refractivity contribution in [2.45, 2.75) is 6.18 Å². The standard InChI is InChI=1S/C14H10BrClF3N3O/c1-23-13-10(15)4-8(5-11(13)16)6-21-22-12-3-2-9(7-20-12)14(17,18)19/h2-7H,1H3,(H,20,22)/b21-6-. The summed E-state index contributed by atoms with van der Waals surface area (Å²) in [6, 6.07) is 5.48. The van der Waals surface area contributed by atoms with Crippen LogP contribution >= 0.6 is 27.5 Å². The van der Waals surface area contributed by atoms with E-state index in [1.165, 1.54) is 19.4 Å². The fraction of sp³-hybridized carbons (Fsp3) is 0.143. The minimum atomic E-state index is -4.42. The Morgan fingerprint density at radius 2 is 2.09 bits per heavy atom. The zero-order chi connectivity index (χ0) is 17.0. The Morgan fingerprint density at radius 1 is 1.35 bits per heavy atom. The molecule has 2 aromatic rings. The maximum Gasteiger partial charge on any atom is 0.417 e. The lowest BCUT2D eigenvalue weighted by Gasteiger charge is -2.07. The van der Waals surface area contributed by atoms with E-state index in [0.717, 1.165) is 12.3 Å². The molecule has 0 aliphatic rings. The number of hydrogen-bond donors (Lipinski definition) is 1. The van der Waals surface area contributed by atoms with Gasteiger partial charge in [0.15, 0.2) is 5.75 Å². The highest BCUT2D eigenvalue weighted by Crippen LogP contribution is 2.33. The molecule has 0 aliphatic carbocycles. The molecule has 0 spiro atoms. The Labute approximate surface area is 143 Å². The van der Waals surface area contributed by atoms with Crippen LogP contribution in [-0.4, -0.2) is 18.3 Å². The molecule has 4 nitrogen and oxygen atoms in total. The molecule has 1 N–H and O–H groups in total. The average molecular weight is 409 g/mol. The minimum absolute atomic E-state index is 0.188. The van der Waals surface area contributed by atoms with Crippen LogP contribution in [0.4, 0.5) is 19.0 Å². The van der Waals surface area contributed by atoms with Crippen LogP contribution < -0.4 is 10.2 Å². The number of rotatable bonds is 4. The van der Waals surface area contributed by atoms with Crippen LogP contribution in [0.25, 0.3) is 0 Å². The topological polar surface area (TPSA) is 46.5 Å². The van der Waals surface area contributed by atoms with Crippen LogP contribution in [0.1, 0.15) is 11.1 Å². The molecule has 2 rings (SSSR count). The summed E-state index contributed by atoms with van der Waals surface area (Å²) in [6.45, 7) is 0. The van der Waals surface area contributed by atoms with Gasteiger partial charge in [-0.15, -0.1) is 0 Å². The van der Waals surface area contributed by atoms with Crippen molar-refractivity contribution in [3.8, 4) is 5.75 Å². The number of aromatic nitrogens is 1. The van der Waals surface area contributed by atoms with Crippen molar-refractivity contribution in [1.82, 2.24) is 4.98 Å². The van der Waals surface area contributed by atoms with E-state index < -0.39 is 11.7 Å².